The molecule has 2 fully saturated rings. The second-order valence-electron chi connectivity index (χ2n) is 6.78. The number of aryl methyl sites for hydroxylation is 1. The van der Waals surface area contributed by atoms with Crippen LogP contribution >= 0.6 is 0 Å². The fraction of sp³-hybridized carbons (Fsp3) is 0.611. The van der Waals surface area contributed by atoms with E-state index in [1.165, 1.54) is 11.1 Å². The van der Waals surface area contributed by atoms with E-state index in [0.29, 0.717) is 12.6 Å². The van der Waals surface area contributed by atoms with Crippen molar-refractivity contribution in [2.24, 2.45) is 0 Å². The largest absolute Gasteiger partial charge is 0.379 e. The summed E-state index contributed by atoms with van der Waals surface area (Å²) in [5.74, 6) is 0.0669. The quantitative estimate of drug-likeness (QED) is 0.742. The van der Waals surface area contributed by atoms with Gasteiger partial charge in [0, 0.05) is 31.7 Å². The van der Waals surface area contributed by atoms with E-state index in [1.54, 1.807) is 0 Å². The maximum Gasteiger partial charge on any atom is 0.238 e. The first-order valence-electron chi connectivity index (χ1n) is 8.80. The Bertz CT molecular complexity index is 542. The first-order chi connectivity index (χ1) is 11.6. The molecule has 2 saturated heterocycles. The number of carbonyl (C=O) groups is 1. The van der Waals surface area contributed by atoms with Gasteiger partial charge in [-0.15, -0.1) is 0 Å². The van der Waals surface area contributed by atoms with Crippen LogP contribution in [0.25, 0.3) is 0 Å². The van der Waals surface area contributed by atoms with Crippen molar-refractivity contribution in [2.75, 3.05) is 32.8 Å². The number of rotatable bonds is 5. The lowest BCUT2D eigenvalue weighted by molar-refractivity contribution is -0.123. The van der Waals surface area contributed by atoms with Gasteiger partial charge in [-0.2, -0.15) is 0 Å². The maximum atomic E-state index is 12.4. The Hall–Kier alpha value is -1.47. The fourth-order valence-electron chi connectivity index (χ4n) is 3.26. The zero-order chi connectivity index (χ0) is 16.9. The molecule has 24 heavy (non-hydrogen) atoms. The van der Waals surface area contributed by atoms with Gasteiger partial charge in [-0.25, -0.2) is 10.9 Å². The fourth-order valence-corrected chi connectivity index (χ4v) is 3.26. The topological polar surface area (TPSA) is 65.6 Å². The van der Waals surface area contributed by atoms with Crippen LogP contribution in [0.4, 0.5) is 0 Å². The van der Waals surface area contributed by atoms with Crippen molar-refractivity contribution in [1.29, 1.82) is 0 Å². The second kappa shape index (κ2) is 8.07. The molecule has 2 aliphatic heterocycles. The SMILES string of the molecule is Cc1ccc(C2CC(C(=O)NCC(C)N3CCOCC3)NN2)cc1. The summed E-state index contributed by atoms with van der Waals surface area (Å²) in [6, 6.07) is 8.78. The van der Waals surface area contributed by atoms with Crippen LogP contribution in [0.15, 0.2) is 24.3 Å². The Morgan fingerprint density at radius 2 is 2.00 bits per heavy atom. The molecule has 6 nitrogen and oxygen atoms in total. The summed E-state index contributed by atoms with van der Waals surface area (Å²) in [6.45, 7) is 8.35. The highest BCUT2D eigenvalue weighted by Crippen LogP contribution is 2.22. The summed E-state index contributed by atoms with van der Waals surface area (Å²) < 4.78 is 5.37. The molecule has 3 atom stereocenters. The molecule has 3 unspecified atom stereocenters. The van der Waals surface area contributed by atoms with Crippen LogP contribution in [0, 0.1) is 6.92 Å². The Morgan fingerprint density at radius 3 is 2.71 bits per heavy atom. The molecule has 0 spiro atoms. The molecule has 3 N–H and O–H groups in total. The van der Waals surface area contributed by atoms with Crippen LogP contribution in [0.1, 0.15) is 30.5 Å². The van der Waals surface area contributed by atoms with E-state index in [0.717, 1.165) is 32.7 Å². The maximum absolute atomic E-state index is 12.4. The number of amides is 1. The lowest BCUT2D eigenvalue weighted by Crippen LogP contribution is -2.50. The molecule has 2 heterocycles. The Kier molecular flexibility index (Phi) is 5.84. The molecule has 0 aliphatic carbocycles. The predicted molar refractivity (Wildman–Crippen MR) is 93.5 cm³/mol. The number of hydrogen-bond acceptors (Lipinski definition) is 5. The summed E-state index contributed by atoms with van der Waals surface area (Å²) in [6.07, 6.45) is 0.765. The molecule has 0 bridgehead atoms. The minimum Gasteiger partial charge on any atom is -0.379 e. The molecule has 2 aliphatic rings. The third-order valence-corrected chi connectivity index (χ3v) is 4.94. The monoisotopic (exact) mass is 332 g/mol. The van der Waals surface area contributed by atoms with E-state index in [4.69, 9.17) is 4.74 Å². The number of hydrogen-bond donors (Lipinski definition) is 3. The van der Waals surface area contributed by atoms with Gasteiger partial charge in [0.15, 0.2) is 0 Å². The lowest BCUT2D eigenvalue weighted by Gasteiger charge is -2.32. The average Bonchev–Trinajstić information content (AvgIpc) is 3.11. The van der Waals surface area contributed by atoms with Gasteiger partial charge in [-0.05, 0) is 25.8 Å². The van der Waals surface area contributed by atoms with Crippen molar-refractivity contribution in [1.82, 2.24) is 21.1 Å². The van der Waals surface area contributed by atoms with Crippen LogP contribution in [0.5, 0.6) is 0 Å². The van der Waals surface area contributed by atoms with E-state index in [-0.39, 0.29) is 18.0 Å². The number of benzene rings is 1. The molecule has 132 valence electrons. The number of hydrazine groups is 1. The minimum atomic E-state index is -0.187. The molecule has 0 radical (unpaired) electrons. The van der Waals surface area contributed by atoms with E-state index >= 15 is 0 Å². The van der Waals surface area contributed by atoms with E-state index in [1.807, 2.05) is 0 Å². The molecule has 1 aromatic rings. The van der Waals surface area contributed by atoms with Crippen molar-refractivity contribution >= 4 is 5.91 Å². The van der Waals surface area contributed by atoms with Gasteiger partial charge < -0.3 is 10.1 Å². The van der Waals surface area contributed by atoms with Gasteiger partial charge >= 0.3 is 0 Å². The second-order valence-corrected chi connectivity index (χ2v) is 6.78. The van der Waals surface area contributed by atoms with Gasteiger partial charge in [-0.1, -0.05) is 29.8 Å². The predicted octanol–water partition coefficient (Wildman–Crippen LogP) is 0.740. The van der Waals surface area contributed by atoms with E-state index in [9.17, 15) is 4.79 Å². The molecule has 1 amide bonds. The molecule has 1 aromatic carbocycles. The van der Waals surface area contributed by atoms with Crippen LogP contribution in [-0.4, -0.2) is 55.7 Å². The number of carbonyl (C=O) groups excluding carboxylic acids is 1. The number of morpholine rings is 1. The summed E-state index contributed by atoms with van der Waals surface area (Å²) in [7, 11) is 0. The molecule has 6 heteroatoms. The molecule has 3 rings (SSSR count). The van der Waals surface area contributed by atoms with Gasteiger partial charge in [0.2, 0.25) is 5.91 Å². The highest BCUT2D eigenvalue weighted by Gasteiger charge is 2.30. The normalized spacial score (nSPS) is 26.2. The van der Waals surface area contributed by atoms with Crippen molar-refractivity contribution in [3.63, 3.8) is 0 Å². The van der Waals surface area contributed by atoms with Gasteiger partial charge in [-0.3, -0.25) is 9.69 Å². The minimum absolute atomic E-state index is 0.0669. The van der Waals surface area contributed by atoms with Gasteiger partial charge in [0.05, 0.1) is 13.2 Å². The summed E-state index contributed by atoms with van der Waals surface area (Å²) in [5.41, 5.74) is 8.82. The Balaban J connectivity index is 1.45. The zero-order valence-electron chi connectivity index (χ0n) is 14.5. The zero-order valence-corrected chi connectivity index (χ0v) is 14.5. The standard InChI is InChI=1S/C18H28N4O2/c1-13-3-5-15(6-4-13)16-11-17(21-20-16)18(23)19-12-14(2)22-7-9-24-10-8-22/h3-6,14,16-17,20-21H,7-12H2,1-2H3,(H,19,23). The van der Waals surface area contributed by atoms with Crippen molar-refractivity contribution < 1.29 is 9.53 Å². The molecule has 0 aromatic heterocycles. The van der Waals surface area contributed by atoms with Crippen LogP contribution in [-0.2, 0) is 9.53 Å². The highest BCUT2D eigenvalue weighted by atomic mass is 16.5. The summed E-state index contributed by atoms with van der Waals surface area (Å²) in [5, 5.41) is 3.08. The third-order valence-electron chi connectivity index (χ3n) is 4.94. The number of nitrogens with one attached hydrogen (secondary N) is 3. The third kappa shape index (κ3) is 4.33. The smallest absolute Gasteiger partial charge is 0.238 e. The van der Waals surface area contributed by atoms with Crippen molar-refractivity contribution in [2.45, 2.75) is 38.4 Å². The summed E-state index contributed by atoms with van der Waals surface area (Å²) in [4.78, 5) is 14.8. The number of ether oxygens (including phenoxy) is 1. The van der Waals surface area contributed by atoms with Gasteiger partial charge in [0.25, 0.3) is 0 Å². The molecule has 0 saturated carbocycles. The van der Waals surface area contributed by atoms with E-state index in [2.05, 4.69) is 59.2 Å². The number of nitrogens with zero attached hydrogens (tertiary/aromatic N) is 1. The van der Waals surface area contributed by atoms with E-state index < -0.39 is 0 Å². The van der Waals surface area contributed by atoms with Crippen molar-refractivity contribution in [3.8, 4) is 0 Å². The molecular weight excluding hydrogens is 304 g/mol. The molecular formula is C18H28N4O2. The first-order valence-corrected chi connectivity index (χ1v) is 8.80. The Morgan fingerprint density at radius 1 is 1.29 bits per heavy atom. The van der Waals surface area contributed by atoms with Gasteiger partial charge in [0.1, 0.15) is 6.04 Å². The summed E-state index contributed by atoms with van der Waals surface area (Å²) >= 11 is 0. The Labute approximate surface area is 143 Å². The first kappa shape index (κ1) is 17.4. The lowest BCUT2D eigenvalue weighted by atomic mass is 10.0. The van der Waals surface area contributed by atoms with Crippen LogP contribution < -0.4 is 16.2 Å². The van der Waals surface area contributed by atoms with Crippen molar-refractivity contribution in [3.05, 3.63) is 35.4 Å². The van der Waals surface area contributed by atoms with Crippen LogP contribution in [0.3, 0.4) is 0 Å². The van der Waals surface area contributed by atoms with Crippen LogP contribution in [0.2, 0.25) is 0 Å². The highest BCUT2D eigenvalue weighted by molar-refractivity contribution is 5.82. The average molecular weight is 332 g/mol.